The van der Waals surface area contributed by atoms with Crippen LogP contribution in [0.4, 0.5) is 23.7 Å². The highest BCUT2D eigenvalue weighted by Gasteiger charge is 2.33. The summed E-state index contributed by atoms with van der Waals surface area (Å²) in [6, 6.07) is 9.68. The largest absolute Gasteiger partial charge is 0.444 e. The van der Waals surface area contributed by atoms with Gasteiger partial charge in [0.1, 0.15) is 11.6 Å². The molecule has 2 aromatic carbocycles. The fourth-order valence-corrected chi connectivity index (χ4v) is 4.87. The second-order valence-corrected chi connectivity index (χ2v) is 11.2. The fraction of sp³-hybridized carbons (Fsp3) is 0.429. The Kier molecular flexibility index (Phi) is 9.00. The topological polar surface area (TPSA) is 58.6 Å². The third-order valence-corrected chi connectivity index (χ3v) is 7.07. The van der Waals surface area contributed by atoms with Crippen molar-refractivity contribution in [3.63, 3.8) is 0 Å². The Hall–Kier alpha value is -2.94. The van der Waals surface area contributed by atoms with Gasteiger partial charge in [-0.3, -0.25) is 4.79 Å². The average Bonchev–Trinajstić information content (AvgIpc) is 3.33. The molecule has 0 spiro atoms. The molecule has 5 nitrogen and oxygen atoms in total. The van der Waals surface area contributed by atoms with Crippen LogP contribution in [0.15, 0.2) is 53.4 Å². The molecule has 1 unspecified atom stereocenters. The van der Waals surface area contributed by atoms with Crippen molar-refractivity contribution >= 4 is 29.4 Å². The third kappa shape index (κ3) is 8.02. The summed E-state index contributed by atoms with van der Waals surface area (Å²) in [5, 5.41) is 2.75. The average molecular weight is 535 g/mol. The highest BCUT2D eigenvalue weighted by Crippen LogP contribution is 2.31. The van der Waals surface area contributed by atoms with Crippen LogP contribution in [-0.2, 0) is 22.1 Å². The van der Waals surface area contributed by atoms with Gasteiger partial charge in [-0.1, -0.05) is 24.3 Å². The van der Waals surface area contributed by atoms with Gasteiger partial charge in [0.15, 0.2) is 0 Å². The number of carbonyl (C=O) groups is 2. The normalized spacial score (nSPS) is 14.6. The van der Waals surface area contributed by atoms with Gasteiger partial charge in [-0.05, 0) is 88.4 Å². The van der Waals surface area contributed by atoms with Gasteiger partial charge in [-0.25, -0.2) is 4.79 Å². The smallest absolute Gasteiger partial charge is 0.416 e. The Morgan fingerprint density at radius 2 is 1.73 bits per heavy atom. The van der Waals surface area contributed by atoms with Crippen molar-refractivity contribution < 1.29 is 27.5 Å². The standard InChI is InChI=1S/C28H33F3N2O3S/c1-18-8-13-22(17-19(18)2)33(15-14-20-9-11-21(12-10-20)28(29,30)31)25(34)24(23-7-6-16-37-23)32-26(35)36-27(3,4)5/h7-13,17,24H,6,14-16H2,1-5H3,(H,32,35). The van der Waals surface area contributed by atoms with Crippen LogP contribution in [0.25, 0.3) is 0 Å². The maximum atomic E-state index is 14.0. The van der Waals surface area contributed by atoms with Crippen LogP contribution in [-0.4, -0.2) is 35.9 Å². The first kappa shape index (κ1) is 28.6. The molecule has 2 aromatic rings. The number of hydrogen-bond acceptors (Lipinski definition) is 4. The van der Waals surface area contributed by atoms with E-state index in [2.05, 4.69) is 5.32 Å². The number of anilines is 1. The van der Waals surface area contributed by atoms with E-state index in [0.717, 1.165) is 40.3 Å². The Morgan fingerprint density at radius 1 is 1.05 bits per heavy atom. The number of hydrogen-bond donors (Lipinski definition) is 1. The highest BCUT2D eigenvalue weighted by molar-refractivity contribution is 8.03. The molecular weight excluding hydrogens is 501 g/mol. The van der Waals surface area contributed by atoms with Crippen molar-refractivity contribution in [3.8, 4) is 0 Å². The van der Waals surface area contributed by atoms with E-state index in [1.807, 2.05) is 38.1 Å². The number of alkyl halides is 3. The molecule has 1 heterocycles. The number of aryl methyl sites for hydroxylation is 2. The number of alkyl carbamates (subject to hydrolysis) is 1. The lowest BCUT2D eigenvalue weighted by Gasteiger charge is -2.30. The predicted molar refractivity (Wildman–Crippen MR) is 142 cm³/mol. The first-order valence-electron chi connectivity index (χ1n) is 12.1. The van der Waals surface area contributed by atoms with Gasteiger partial charge in [0, 0.05) is 22.9 Å². The zero-order valence-electron chi connectivity index (χ0n) is 21.7. The summed E-state index contributed by atoms with van der Waals surface area (Å²) in [5.41, 5.74) is 1.93. The number of rotatable bonds is 7. The van der Waals surface area contributed by atoms with Crippen LogP contribution < -0.4 is 10.2 Å². The summed E-state index contributed by atoms with van der Waals surface area (Å²) in [7, 11) is 0. The Morgan fingerprint density at radius 3 is 2.27 bits per heavy atom. The van der Waals surface area contributed by atoms with Crippen molar-refractivity contribution in [2.45, 2.75) is 65.3 Å². The maximum absolute atomic E-state index is 14.0. The number of benzene rings is 2. The molecule has 1 atom stereocenters. The van der Waals surface area contributed by atoms with Crippen LogP contribution in [0.1, 0.15) is 49.4 Å². The van der Waals surface area contributed by atoms with E-state index in [4.69, 9.17) is 4.74 Å². The van der Waals surface area contributed by atoms with Gasteiger partial charge < -0.3 is 15.0 Å². The number of amides is 2. The molecule has 1 aliphatic heterocycles. The maximum Gasteiger partial charge on any atom is 0.416 e. The molecule has 0 saturated heterocycles. The van der Waals surface area contributed by atoms with Crippen molar-refractivity contribution in [2.24, 2.45) is 0 Å². The van der Waals surface area contributed by atoms with Gasteiger partial charge in [0.2, 0.25) is 0 Å². The first-order valence-corrected chi connectivity index (χ1v) is 13.1. The molecule has 0 bridgehead atoms. The summed E-state index contributed by atoms with van der Waals surface area (Å²) in [5.74, 6) is 0.478. The van der Waals surface area contributed by atoms with Gasteiger partial charge >= 0.3 is 12.3 Å². The van der Waals surface area contributed by atoms with Gasteiger partial charge in [-0.2, -0.15) is 13.2 Å². The summed E-state index contributed by atoms with van der Waals surface area (Å²) in [6.45, 7) is 9.38. The lowest BCUT2D eigenvalue weighted by molar-refractivity contribution is -0.137. The minimum absolute atomic E-state index is 0.219. The van der Waals surface area contributed by atoms with Crippen molar-refractivity contribution in [1.82, 2.24) is 5.32 Å². The molecule has 2 amide bonds. The van der Waals surface area contributed by atoms with E-state index in [9.17, 15) is 22.8 Å². The molecule has 37 heavy (non-hydrogen) atoms. The zero-order valence-corrected chi connectivity index (χ0v) is 22.6. The van der Waals surface area contributed by atoms with Crippen molar-refractivity contribution in [3.05, 3.63) is 75.7 Å². The van der Waals surface area contributed by atoms with Crippen LogP contribution in [0.5, 0.6) is 0 Å². The van der Waals surface area contributed by atoms with Gasteiger partial charge in [0.25, 0.3) is 5.91 Å². The number of carbonyl (C=O) groups excluding carboxylic acids is 2. The Balaban J connectivity index is 1.90. The first-order chi connectivity index (χ1) is 17.2. The molecule has 3 rings (SSSR count). The van der Waals surface area contributed by atoms with E-state index in [-0.39, 0.29) is 12.5 Å². The molecular formula is C28H33F3N2O3S. The van der Waals surface area contributed by atoms with Crippen LogP contribution in [0.2, 0.25) is 0 Å². The van der Waals surface area contributed by atoms with Crippen LogP contribution in [0.3, 0.4) is 0 Å². The minimum atomic E-state index is -4.41. The summed E-state index contributed by atoms with van der Waals surface area (Å²) in [4.78, 5) is 29.0. The monoisotopic (exact) mass is 534 g/mol. The molecule has 0 aromatic heterocycles. The SMILES string of the molecule is Cc1ccc(N(CCc2ccc(C(F)(F)F)cc2)C(=O)C(NC(=O)OC(C)(C)C)C2=CCCS2)cc1C. The second kappa shape index (κ2) is 11.6. The fourth-order valence-electron chi connectivity index (χ4n) is 3.84. The zero-order chi connectivity index (χ0) is 27.4. The van der Waals surface area contributed by atoms with Crippen molar-refractivity contribution in [1.29, 1.82) is 0 Å². The number of nitrogens with zero attached hydrogens (tertiary/aromatic N) is 1. The highest BCUT2D eigenvalue weighted by atomic mass is 32.2. The van der Waals surface area contributed by atoms with Crippen molar-refractivity contribution in [2.75, 3.05) is 17.2 Å². The molecule has 200 valence electrons. The summed E-state index contributed by atoms with van der Waals surface area (Å²) in [6.07, 6.45) is -2.04. The Labute approximate surface area is 220 Å². The lowest BCUT2D eigenvalue weighted by atomic mass is 10.1. The molecule has 0 radical (unpaired) electrons. The van der Waals surface area contributed by atoms with E-state index >= 15 is 0 Å². The number of thioether (sulfide) groups is 1. The van der Waals surface area contributed by atoms with E-state index in [0.29, 0.717) is 17.7 Å². The molecule has 1 aliphatic rings. The van der Waals surface area contributed by atoms with Gasteiger partial charge in [0.05, 0.1) is 5.56 Å². The molecule has 1 N–H and O–H groups in total. The number of nitrogens with one attached hydrogen (secondary N) is 1. The van der Waals surface area contributed by atoms with Crippen LogP contribution >= 0.6 is 11.8 Å². The summed E-state index contributed by atoms with van der Waals surface area (Å²) >= 11 is 1.51. The molecule has 9 heteroatoms. The second-order valence-electron chi connectivity index (χ2n) is 10.0. The summed E-state index contributed by atoms with van der Waals surface area (Å²) < 4.78 is 44.3. The quantitative estimate of drug-likeness (QED) is 0.424. The number of ether oxygens (including phenoxy) is 1. The Bertz CT molecular complexity index is 1150. The van der Waals surface area contributed by atoms with Crippen LogP contribution in [0, 0.1) is 13.8 Å². The van der Waals surface area contributed by atoms with Gasteiger partial charge in [-0.15, -0.1) is 11.8 Å². The van der Waals surface area contributed by atoms with E-state index in [1.165, 1.54) is 23.9 Å². The molecule has 0 saturated carbocycles. The minimum Gasteiger partial charge on any atom is -0.444 e. The van der Waals surface area contributed by atoms with E-state index in [1.54, 1.807) is 25.7 Å². The number of halogens is 3. The molecule has 0 aliphatic carbocycles. The van der Waals surface area contributed by atoms with E-state index < -0.39 is 29.5 Å². The molecule has 0 fully saturated rings. The third-order valence-electron chi connectivity index (χ3n) is 5.90. The lowest BCUT2D eigenvalue weighted by Crippen LogP contribution is -2.51. The predicted octanol–water partition coefficient (Wildman–Crippen LogP) is 6.81. The number of allylic oxidation sites excluding steroid dienone is 1.